The Labute approximate surface area is 114 Å². The van der Waals surface area contributed by atoms with Crippen molar-refractivity contribution in [2.45, 2.75) is 54.0 Å². The number of hydrogen-bond acceptors (Lipinski definition) is 3. The zero-order valence-corrected chi connectivity index (χ0v) is 12.5. The quantitative estimate of drug-likeness (QED) is 0.920. The Morgan fingerprint density at radius 2 is 1.74 bits per heavy atom. The van der Waals surface area contributed by atoms with Gasteiger partial charge in [-0.15, -0.1) is 0 Å². The number of aromatic nitrogens is 4. The zero-order valence-electron chi connectivity index (χ0n) is 12.5. The maximum absolute atomic E-state index is 6.19. The summed E-state index contributed by atoms with van der Waals surface area (Å²) in [6.45, 7) is 11.2. The van der Waals surface area contributed by atoms with Gasteiger partial charge in [-0.05, 0) is 39.2 Å². The smallest absolute Gasteiger partial charge is 0.175 e. The van der Waals surface area contributed by atoms with E-state index in [4.69, 9.17) is 5.73 Å². The van der Waals surface area contributed by atoms with Crippen molar-refractivity contribution in [3.8, 4) is 5.82 Å². The van der Waals surface area contributed by atoms with Crippen LogP contribution in [0.25, 0.3) is 5.82 Å². The molecule has 0 aromatic carbocycles. The summed E-state index contributed by atoms with van der Waals surface area (Å²) in [7, 11) is 0. The van der Waals surface area contributed by atoms with Crippen LogP contribution in [0, 0.1) is 20.8 Å². The zero-order chi connectivity index (χ0) is 14.2. The SMILES string of the molecule is CCCn1nc(C)c(N)c1-n1nc(C)c(CC)c1C. The van der Waals surface area contributed by atoms with Crippen molar-refractivity contribution in [2.24, 2.45) is 0 Å². The summed E-state index contributed by atoms with van der Waals surface area (Å²) in [5, 5.41) is 9.16. The molecule has 0 atom stereocenters. The Morgan fingerprint density at radius 1 is 1.05 bits per heavy atom. The third-order valence-electron chi connectivity index (χ3n) is 3.58. The number of nitrogens with two attached hydrogens (primary N) is 1. The summed E-state index contributed by atoms with van der Waals surface area (Å²) in [5.41, 5.74) is 11.3. The van der Waals surface area contributed by atoms with Gasteiger partial charge in [-0.25, -0.2) is 9.36 Å². The third-order valence-corrected chi connectivity index (χ3v) is 3.58. The van der Waals surface area contributed by atoms with Crippen LogP contribution < -0.4 is 5.73 Å². The van der Waals surface area contributed by atoms with Crippen LogP contribution in [0.15, 0.2) is 0 Å². The number of nitrogens with zero attached hydrogens (tertiary/aromatic N) is 4. The number of hydrogen-bond donors (Lipinski definition) is 1. The lowest BCUT2D eigenvalue weighted by Gasteiger charge is -2.09. The van der Waals surface area contributed by atoms with Gasteiger partial charge < -0.3 is 5.73 Å². The van der Waals surface area contributed by atoms with Crippen LogP contribution in [0.2, 0.25) is 0 Å². The molecule has 0 amide bonds. The van der Waals surface area contributed by atoms with E-state index in [-0.39, 0.29) is 0 Å². The molecule has 0 aliphatic rings. The van der Waals surface area contributed by atoms with Gasteiger partial charge in [0.25, 0.3) is 0 Å². The first-order valence-electron chi connectivity index (χ1n) is 6.89. The Hall–Kier alpha value is -1.78. The Bertz CT molecular complexity index is 591. The van der Waals surface area contributed by atoms with Gasteiger partial charge in [0.2, 0.25) is 0 Å². The summed E-state index contributed by atoms with van der Waals surface area (Å²) in [5.74, 6) is 0.902. The molecule has 0 aliphatic heterocycles. The molecule has 0 saturated heterocycles. The first kappa shape index (κ1) is 13.6. The van der Waals surface area contributed by atoms with Crippen LogP contribution >= 0.6 is 0 Å². The second-order valence-corrected chi connectivity index (χ2v) is 4.96. The molecule has 5 heteroatoms. The molecule has 5 nitrogen and oxygen atoms in total. The number of aryl methyl sites for hydroxylation is 3. The van der Waals surface area contributed by atoms with Crippen molar-refractivity contribution >= 4 is 5.69 Å². The first-order valence-corrected chi connectivity index (χ1v) is 6.89. The molecule has 104 valence electrons. The van der Waals surface area contributed by atoms with Crippen molar-refractivity contribution in [1.82, 2.24) is 19.6 Å². The molecular weight excluding hydrogens is 238 g/mol. The van der Waals surface area contributed by atoms with Gasteiger partial charge in [0.05, 0.1) is 17.1 Å². The Balaban J connectivity index is 2.64. The predicted molar refractivity (Wildman–Crippen MR) is 77.6 cm³/mol. The minimum absolute atomic E-state index is 0.724. The topological polar surface area (TPSA) is 61.7 Å². The molecular formula is C14H23N5. The van der Waals surface area contributed by atoms with E-state index in [0.29, 0.717) is 0 Å². The van der Waals surface area contributed by atoms with Crippen molar-refractivity contribution < 1.29 is 0 Å². The molecule has 2 aromatic heterocycles. The molecule has 0 radical (unpaired) electrons. The maximum atomic E-state index is 6.19. The van der Waals surface area contributed by atoms with Crippen LogP contribution in [0.3, 0.4) is 0 Å². The fourth-order valence-electron chi connectivity index (χ4n) is 2.57. The molecule has 0 saturated carbocycles. The normalized spacial score (nSPS) is 11.2. The van der Waals surface area contributed by atoms with E-state index in [1.165, 1.54) is 5.56 Å². The van der Waals surface area contributed by atoms with E-state index in [1.807, 2.05) is 23.2 Å². The molecule has 0 bridgehead atoms. The summed E-state index contributed by atoms with van der Waals surface area (Å²) in [6, 6.07) is 0. The van der Waals surface area contributed by atoms with Gasteiger partial charge in [-0.3, -0.25) is 0 Å². The summed E-state index contributed by atoms with van der Waals surface area (Å²) < 4.78 is 3.91. The van der Waals surface area contributed by atoms with Gasteiger partial charge in [-0.1, -0.05) is 13.8 Å². The standard InChI is InChI=1S/C14H23N5/c1-6-8-18-14(13(15)10(4)16-18)19-11(5)12(7-2)9(3)17-19/h6-8,15H2,1-5H3. The van der Waals surface area contributed by atoms with Gasteiger partial charge >= 0.3 is 0 Å². The summed E-state index contributed by atoms with van der Waals surface area (Å²) in [4.78, 5) is 0. The molecule has 2 N–H and O–H groups in total. The highest BCUT2D eigenvalue weighted by Crippen LogP contribution is 2.25. The van der Waals surface area contributed by atoms with Crippen LogP contribution in [-0.4, -0.2) is 19.6 Å². The van der Waals surface area contributed by atoms with Gasteiger partial charge in [0.15, 0.2) is 5.82 Å². The number of rotatable bonds is 4. The highest BCUT2D eigenvalue weighted by atomic mass is 15.4. The van der Waals surface area contributed by atoms with Crippen molar-refractivity contribution in [3.63, 3.8) is 0 Å². The predicted octanol–water partition coefficient (Wildman–Crippen LogP) is 2.55. The van der Waals surface area contributed by atoms with E-state index in [2.05, 4.69) is 31.0 Å². The van der Waals surface area contributed by atoms with Crippen LogP contribution in [0.1, 0.15) is 42.9 Å². The van der Waals surface area contributed by atoms with Crippen molar-refractivity contribution in [1.29, 1.82) is 0 Å². The maximum Gasteiger partial charge on any atom is 0.175 e. The van der Waals surface area contributed by atoms with E-state index in [0.717, 1.165) is 48.0 Å². The van der Waals surface area contributed by atoms with Crippen molar-refractivity contribution in [2.75, 3.05) is 5.73 Å². The first-order chi connectivity index (χ1) is 9.01. The lowest BCUT2D eigenvalue weighted by molar-refractivity contribution is 0.571. The average molecular weight is 261 g/mol. The van der Waals surface area contributed by atoms with E-state index in [9.17, 15) is 0 Å². The van der Waals surface area contributed by atoms with E-state index >= 15 is 0 Å². The number of anilines is 1. The van der Waals surface area contributed by atoms with Gasteiger partial charge in [0.1, 0.15) is 0 Å². The Morgan fingerprint density at radius 3 is 2.26 bits per heavy atom. The molecule has 2 heterocycles. The van der Waals surface area contributed by atoms with Crippen LogP contribution in [0.5, 0.6) is 0 Å². The third kappa shape index (κ3) is 2.13. The highest BCUT2D eigenvalue weighted by Gasteiger charge is 2.19. The second-order valence-electron chi connectivity index (χ2n) is 4.96. The molecule has 0 spiro atoms. The largest absolute Gasteiger partial charge is 0.394 e. The second kappa shape index (κ2) is 5.07. The Kier molecular flexibility index (Phi) is 3.64. The summed E-state index contributed by atoms with van der Waals surface area (Å²) in [6.07, 6.45) is 2.01. The lowest BCUT2D eigenvalue weighted by atomic mass is 10.1. The lowest BCUT2D eigenvalue weighted by Crippen LogP contribution is -2.11. The molecule has 2 rings (SSSR count). The average Bonchev–Trinajstić information content (AvgIpc) is 2.78. The number of nitrogen functional groups attached to an aromatic ring is 1. The van der Waals surface area contributed by atoms with Crippen molar-refractivity contribution in [3.05, 3.63) is 22.6 Å². The highest BCUT2D eigenvalue weighted by molar-refractivity contribution is 5.58. The fourth-order valence-corrected chi connectivity index (χ4v) is 2.57. The minimum atomic E-state index is 0.724. The molecule has 0 unspecified atom stereocenters. The van der Waals surface area contributed by atoms with Gasteiger partial charge in [-0.2, -0.15) is 10.2 Å². The van der Waals surface area contributed by atoms with Crippen LogP contribution in [0.4, 0.5) is 5.69 Å². The monoisotopic (exact) mass is 261 g/mol. The molecule has 2 aromatic rings. The van der Waals surface area contributed by atoms with E-state index in [1.54, 1.807) is 0 Å². The fraction of sp³-hybridized carbons (Fsp3) is 0.571. The van der Waals surface area contributed by atoms with Crippen LogP contribution in [-0.2, 0) is 13.0 Å². The van der Waals surface area contributed by atoms with Gasteiger partial charge in [0, 0.05) is 12.2 Å². The molecule has 0 aliphatic carbocycles. The molecule has 0 fully saturated rings. The minimum Gasteiger partial charge on any atom is -0.394 e. The summed E-state index contributed by atoms with van der Waals surface area (Å²) >= 11 is 0. The molecule has 19 heavy (non-hydrogen) atoms. The van der Waals surface area contributed by atoms with E-state index < -0.39 is 0 Å².